The number of benzene rings is 1. The molecule has 4 nitrogen and oxygen atoms in total. The molecule has 1 heterocycles. The molecule has 0 unspecified atom stereocenters. The fourth-order valence-corrected chi connectivity index (χ4v) is 1.62. The van der Waals surface area contributed by atoms with E-state index in [0.717, 1.165) is 11.3 Å². The van der Waals surface area contributed by atoms with Crippen LogP contribution in [-0.2, 0) is 13.1 Å². The van der Waals surface area contributed by atoms with E-state index in [0.29, 0.717) is 19.7 Å². The summed E-state index contributed by atoms with van der Waals surface area (Å²) in [5.74, 6) is 0.819. The van der Waals surface area contributed by atoms with Crippen molar-refractivity contribution in [2.45, 2.75) is 13.1 Å². The van der Waals surface area contributed by atoms with Gasteiger partial charge < -0.3 is 15.0 Å². The summed E-state index contributed by atoms with van der Waals surface area (Å²) in [6, 6.07) is 10.8. The Hall–Kier alpha value is -2.07. The van der Waals surface area contributed by atoms with Crippen LogP contribution >= 0.6 is 0 Å². The van der Waals surface area contributed by atoms with Crippen molar-refractivity contribution < 1.29 is 4.74 Å². The second-order valence-corrected chi connectivity index (χ2v) is 3.97. The molecule has 2 N–H and O–H groups in total. The van der Waals surface area contributed by atoms with Crippen LogP contribution in [0.2, 0.25) is 0 Å². The third kappa shape index (κ3) is 3.46. The molecule has 0 radical (unpaired) electrons. The van der Waals surface area contributed by atoms with E-state index < -0.39 is 0 Å². The summed E-state index contributed by atoms with van der Waals surface area (Å²) in [6.07, 6.45) is 3.50. The maximum absolute atomic E-state index is 10.9. The monoisotopic (exact) mass is 244 g/mol. The zero-order valence-electron chi connectivity index (χ0n) is 10.1. The summed E-state index contributed by atoms with van der Waals surface area (Å²) in [7, 11) is 0. The minimum absolute atomic E-state index is 0.0165. The van der Waals surface area contributed by atoms with Crippen LogP contribution < -0.4 is 15.9 Å². The number of rotatable bonds is 5. The van der Waals surface area contributed by atoms with E-state index in [1.54, 1.807) is 12.4 Å². The Morgan fingerprint density at radius 1 is 1.17 bits per heavy atom. The van der Waals surface area contributed by atoms with Crippen LogP contribution in [0.3, 0.4) is 0 Å². The maximum atomic E-state index is 10.9. The summed E-state index contributed by atoms with van der Waals surface area (Å²) < 4.78 is 7.54. The summed E-state index contributed by atoms with van der Waals surface area (Å²) in [4.78, 5) is 10.9. The highest BCUT2D eigenvalue weighted by atomic mass is 16.5. The molecule has 0 spiro atoms. The van der Waals surface area contributed by atoms with Gasteiger partial charge in [0.25, 0.3) is 0 Å². The zero-order valence-corrected chi connectivity index (χ0v) is 10.1. The van der Waals surface area contributed by atoms with Gasteiger partial charge in [0.05, 0.1) is 6.54 Å². The standard InChI is InChI=1S/C14H16N2O2/c15-11-12-2-1-3-14(10-12)18-9-8-16-6-4-13(17)5-7-16/h1-7,10H,8-9,11,15H2. The molecular formula is C14H16N2O2. The van der Waals surface area contributed by atoms with Gasteiger partial charge in [-0.25, -0.2) is 0 Å². The first kappa shape index (κ1) is 12.4. The van der Waals surface area contributed by atoms with Gasteiger partial charge in [-0.2, -0.15) is 0 Å². The smallest absolute Gasteiger partial charge is 0.181 e. The molecule has 0 aliphatic rings. The van der Waals surface area contributed by atoms with Gasteiger partial charge in [-0.3, -0.25) is 4.79 Å². The average molecular weight is 244 g/mol. The van der Waals surface area contributed by atoms with Crippen molar-refractivity contribution in [3.63, 3.8) is 0 Å². The average Bonchev–Trinajstić information content (AvgIpc) is 2.41. The zero-order chi connectivity index (χ0) is 12.8. The van der Waals surface area contributed by atoms with Gasteiger partial charge in [0, 0.05) is 31.1 Å². The number of pyridine rings is 1. The van der Waals surface area contributed by atoms with E-state index in [1.807, 2.05) is 28.8 Å². The Balaban J connectivity index is 1.88. The van der Waals surface area contributed by atoms with Gasteiger partial charge in [-0.1, -0.05) is 12.1 Å². The van der Waals surface area contributed by atoms with E-state index in [4.69, 9.17) is 10.5 Å². The normalized spacial score (nSPS) is 10.3. The third-order valence-electron chi connectivity index (χ3n) is 2.61. The van der Waals surface area contributed by atoms with Crippen molar-refractivity contribution in [1.29, 1.82) is 0 Å². The molecule has 0 amide bonds. The third-order valence-corrected chi connectivity index (χ3v) is 2.61. The molecule has 1 aromatic heterocycles. The second kappa shape index (κ2) is 6.02. The second-order valence-electron chi connectivity index (χ2n) is 3.97. The molecule has 0 fully saturated rings. The van der Waals surface area contributed by atoms with Crippen LogP contribution in [0.1, 0.15) is 5.56 Å². The van der Waals surface area contributed by atoms with Crippen LogP contribution in [0.15, 0.2) is 53.6 Å². The quantitative estimate of drug-likeness (QED) is 0.864. The summed E-state index contributed by atoms with van der Waals surface area (Å²) in [6.45, 7) is 1.76. The lowest BCUT2D eigenvalue weighted by atomic mass is 10.2. The Bertz CT molecular complexity index is 543. The molecule has 0 atom stereocenters. The number of nitrogens with zero attached hydrogens (tertiary/aromatic N) is 1. The summed E-state index contributed by atoms with van der Waals surface area (Å²) in [5, 5.41) is 0. The van der Waals surface area contributed by atoms with Gasteiger partial charge in [0.2, 0.25) is 0 Å². The number of hydrogen-bond acceptors (Lipinski definition) is 3. The Morgan fingerprint density at radius 3 is 2.67 bits per heavy atom. The molecule has 1 aromatic carbocycles. The van der Waals surface area contributed by atoms with E-state index in [1.165, 1.54) is 12.1 Å². The highest BCUT2D eigenvalue weighted by molar-refractivity contribution is 5.28. The van der Waals surface area contributed by atoms with Crippen LogP contribution in [0.25, 0.3) is 0 Å². The van der Waals surface area contributed by atoms with Crippen molar-refractivity contribution in [2.24, 2.45) is 5.73 Å². The molecule has 94 valence electrons. The molecule has 18 heavy (non-hydrogen) atoms. The van der Waals surface area contributed by atoms with E-state index >= 15 is 0 Å². The lowest BCUT2D eigenvalue weighted by molar-refractivity contribution is 0.297. The van der Waals surface area contributed by atoms with Crippen molar-refractivity contribution in [1.82, 2.24) is 4.57 Å². The SMILES string of the molecule is NCc1cccc(OCCn2ccc(=O)cc2)c1. The lowest BCUT2D eigenvalue weighted by Gasteiger charge is -2.09. The van der Waals surface area contributed by atoms with E-state index in [9.17, 15) is 4.79 Å². The molecular weight excluding hydrogens is 228 g/mol. The van der Waals surface area contributed by atoms with Gasteiger partial charge >= 0.3 is 0 Å². The highest BCUT2D eigenvalue weighted by Crippen LogP contribution is 2.12. The molecule has 0 saturated carbocycles. The molecule has 2 rings (SSSR count). The van der Waals surface area contributed by atoms with Crippen molar-refractivity contribution in [3.05, 3.63) is 64.6 Å². The molecule has 2 aromatic rings. The Kier molecular flexibility index (Phi) is 4.15. The van der Waals surface area contributed by atoms with Crippen LogP contribution in [0.4, 0.5) is 0 Å². The molecule has 0 aliphatic carbocycles. The van der Waals surface area contributed by atoms with Gasteiger partial charge in [-0.05, 0) is 17.7 Å². The molecule has 0 aliphatic heterocycles. The highest BCUT2D eigenvalue weighted by Gasteiger charge is 1.96. The first-order valence-corrected chi connectivity index (χ1v) is 5.86. The van der Waals surface area contributed by atoms with E-state index in [-0.39, 0.29) is 5.43 Å². The minimum Gasteiger partial charge on any atom is -0.492 e. The topological polar surface area (TPSA) is 57.2 Å². The first-order valence-electron chi connectivity index (χ1n) is 5.86. The predicted octanol–water partition coefficient (Wildman–Crippen LogP) is 1.39. The summed E-state index contributed by atoms with van der Waals surface area (Å²) in [5.41, 5.74) is 6.63. The van der Waals surface area contributed by atoms with Crippen LogP contribution in [-0.4, -0.2) is 11.2 Å². The van der Waals surface area contributed by atoms with Crippen LogP contribution in [0.5, 0.6) is 5.75 Å². The molecule has 0 bridgehead atoms. The van der Waals surface area contributed by atoms with E-state index in [2.05, 4.69) is 0 Å². The van der Waals surface area contributed by atoms with Crippen LogP contribution in [0, 0.1) is 0 Å². The van der Waals surface area contributed by atoms with Gasteiger partial charge in [0.1, 0.15) is 12.4 Å². The lowest BCUT2D eigenvalue weighted by Crippen LogP contribution is -2.10. The number of aromatic nitrogens is 1. The predicted molar refractivity (Wildman–Crippen MR) is 70.5 cm³/mol. The molecule has 4 heteroatoms. The Labute approximate surface area is 106 Å². The Morgan fingerprint density at radius 2 is 1.94 bits per heavy atom. The van der Waals surface area contributed by atoms with Crippen molar-refractivity contribution in [2.75, 3.05) is 6.61 Å². The fourth-order valence-electron chi connectivity index (χ4n) is 1.62. The van der Waals surface area contributed by atoms with Gasteiger partial charge in [-0.15, -0.1) is 0 Å². The number of ether oxygens (including phenoxy) is 1. The first-order chi connectivity index (χ1) is 8.78. The molecule has 0 saturated heterocycles. The number of hydrogen-bond donors (Lipinski definition) is 1. The maximum Gasteiger partial charge on any atom is 0.181 e. The van der Waals surface area contributed by atoms with Gasteiger partial charge in [0.15, 0.2) is 5.43 Å². The fraction of sp³-hybridized carbons (Fsp3) is 0.214. The van der Waals surface area contributed by atoms with Crippen molar-refractivity contribution >= 4 is 0 Å². The minimum atomic E-state index is 0.0165. The summed E-state index contributed by atoms with van der Waals surface area (Å²) >= 11 is 0. The largest absolute Gasteiger partial charge is 0.492 e. The number of nitrogens with two attached hydrogens (primary N) is 1. The van der Waals surface area contributed by atoms with Crippen molar-refractivity contribution in [3.8, 4) is 5.75 Å².